The van der Waals surface area contributed by atoms with Crippen LogP contribution in [0.15, 0.2) is 12.2 Å². The Labute approximate surface area is 103 Å². The van der Waals surface area contributed by atoms with E-state index in [1.54, 1.807) is 0 Å². The van der Waals surface area contributed by atoms with Crippen LogP contribution >= 0.6 is 0 Å². The van der Waals surface area contributed by atoms with Gasteiger partial charge in [0.05, 0.1) is 12.3 Å². The van der Waals surface area contributed by atoms with Crippen LogP contribution in [0.4, 0.5) is 0 Å². The molecule has 1 saturated heterocycles. The fourth-order valence-corrected chi connectivity index (χ4v) is 1.94. The standard InChI is InChI=1S/C14H22O3/c1-2-3-4-5-6-7-8-9-10-12-11-13(15)17-14(12)16/h9-10,12H,2-8,11H2,1H3/b10-9+/t12-/m0/s1. The molecule has 0 spiro atoms. The second-order valence-corrected chi connectivity index (χ2v) is 4.59. The van der Waals surface area contributed by atoms with Crippen molar-refractivity contribution in [3.63, 3.8) is 0 Å². The first kappa shape index (κ1) is 13.9. The molecule has 0 bridgehead atoms. The SMILES string of the molecule is CCCCCCCC/C=C/[C@H]1CC(=O)OC1=O. The van der Waals surface area contributed by atoms with Crippen molar-refractivity contribution in [1.29, 1.82) is 0 Å². The highest BCUT2D eigenvalue weighted by molar-refractivity contribution is 5.95. The van der Waals surface area contributed by atoms with E-state index in [-0.39, 0.29) is 12.3 Å². The summed E-state index contributed by atoms with van der Waals surface area (Å²) in [6.45, 7) is 2.21. The lowest BCUT2D eigenvalue weighted by atomic mass is 10.1. The number of hydrogen-bond acceptors (Lipinski definition) is 3. The van der Waals surface area contributed by atoms with Crippen LogP contribution in [0.25, 0.3) is 0 Å². The molecule has 1 heterocycles. The van der Waals surface area contributed by atoms with Crippen LogP contribution in [0.2, 0.25) is 0 Å². The molecular weight excluding hydrogens is 216 g/mol. The minimum absolute atomic E-state index is 0.214. The van der Waals surface area contributed by atoms with Crippen LogP contribution < -0.4 is 0 Å². The Balaban J connectivity index is 2.02. The Morgan fingerprint density at radius 2 is 1.88 bits per heavy atom. The van der Waals surface area contributed by atoms with Gasteiger partial charge in [-0.05, 0) is 12.8 Å². The Hall–Kier alpha value is -1.12. The number of allylic oxidation sites excluding steroid dienone is 1. The summed E-state index contributed by atoms with van der Waals surface area (Å²) in [6, 6.07) is 0. The van der Waals surface area contributed by atoms with Gasteiger partial charge in [-0.1, -0.05) is 51.2 Å². The molecule has 3 heteroatoms. The first-order valence-corrected chi connectivity index (χ1v) is 6.65. The van der Waals surface area contributed by atoms with Crippen molar-refractivity contribution in [2.24, 2.45) is 5.92 Å². The molecule has 1 aliphatic heterocycles. The summed E-state index contributed by atoms with van der Waals surface area (Å²) >= 11 is 0. The van der Waals surface area contributed by atoms with Gasteiger partial charge >= 0.3 is 11.9 Å². The minimum Gasteiger partial charge on any atom is -0.393 e. The fraction of sp³-hybridized carbons (Fsp3) is 0.714. The molecule has 0 aliphatic carbocycles. The maximum Gasteiger partial charge on any atom is 0.321 e. The molecule has 1 aliphatic rings. The molecular formula is C14H22O3. The van der Waals surface area contributed by atoms with Crippen molar-refractivity contribution in [2.75, 3.05) is 0 Å². The van der Waals surface area contributed by atoms with E-state index in [4.69, 9.17) is 0 Å². The molecule has 0 unspecified atom stereocenters. The number of carbonyl (C=O) groups excluding carboxylic acids is 2. The van der Waals surface area contributed by atoms with E-state index >= 15 is 0 Å². The molecule has 1 rings (SSSR count). The molecule has 1 atom stereocenters. The van der Waals surface area contributed by atoms with Gasteiger partial charge in [0.15, 0.2) is 0 Å². The summed E-state index contributed by atoms with van der Waals surface area (Å²) < 4.78 is 4.47. The molecule has 0 N–H and O–H groups in total. The van der Waals surface area contributed by atoms with Crippen LogP contribution in [0.1, 0.15) is 58.3 Å². The molecule has 0 aromatic heterocycles. The summed E-state index contributed by atoms with van der Waals surface area (Å²) in [5.41, 5.74) is 0. The molecule has 0 saturated carbocycles. The van der Waals surface area contributed by atoms with Crippen LogP contribution in [0.5, 0.6) is 0 Å². The molecule has 0 radical (unpaired) electrons. The summed E-state index contributed by atoms with van der Waals surface area (Å²) in [5.74, 6) is -1.12. The lowest BCUT2D eigenvalue weighted by molar-refractivity contribution is -0.152. The third-order valence-corrected chi connectivity index (χ3v) is 3.00. The van der Waals surface area contributed by atoms with Crippen molar-refractivity contribution >= 4 is 11.9 Å². The zero-order chi connectivity index (χ0) is 12.5. The lowest BCUT2D eigenvalue weighted by Crippen LogP contribution is -2.03. The first-order valence-electron chi connectivity index (χ1n) is 6.65. The molecule has 0 aromatic rings. The molecule has 0 amide bonds. The maximum atomic E-state index is 11.1. The van der Waals surface area contributed by atoms with Gasteiger partial charge in [0.1, 0.15) is 0 Å². The predicted octanol–water partition coefficient (Wildman–Crippen LogP) is 3.38. The fourth-order valence-electron chi connectivity index (χ4n) is 1.94. The lowest BCUT2D eigenvalue weighted by Gasteiger charge is -1.98. The van der Waals surface area contributed by atoms with Crippen LogP contribution in [0, 0.1) is 5.92 Å². The molecule has 96 valence electrons. The molecule has 0 aromatic carbocycles. The van der Waals surface area contributed by atoms with E-state index in [9.17, 15) is 9.59 Å². The first-order chi connectivity index (χ1) is 8.24. The van der Waals surface area contributed by atoms with Gasteiger partial charge in [-0.25, -0.2) is 0 Å². The quantitative estimate of drug-likeness (QED) is 0.282. The third kappa shape index (κ3) is 5.66. The monoisotopic (exact) mass is 238 g/mol. The van der Waals surface area contributed by atoms with E-state index in [1.807, 2.05) is 12.2 Å². The number of ether oxygens (including phenoxy) is 1. The third-order valence-electron chi connectivity index (χ3n) is 3.00. The van der Waals surface area contributed by atoms with Crippen LogP contribution in [0.3, 0.4) is 0 Å². The highest BCUT2D eigenvalue weighted by Gasteiger charge is 2.30. The average molecular weight is 238 g/mol. The number of esters is 2. The number of rotatable bonds is 8. The summed E-state index contributed by atoms with van der Waals surface area (Å²) in [4.78, 5) is 22.0. The summed E-state index contributed by atoms with van der Waals surface area (Å²) in [6.07, 6.45) is 12.7. The highest BCUT2D eigenvalue weighted by atomic mass is 16.6. The molecule has 1 fully saturated rings. The Kier molecular flexibility index (Phi) is 6.60. The zero-order valence-electron chi connectivity index (χ0n) is 10.6. The van der Waals surface area contributed by atoms with E-state index in [1.165, 1.54) is 32.1 Å². The Bertz CT molecular complexity index is 281. The van der Waals surface area contributed by atoms with Crippen molar-refractivity contribution in [1.82, 2.24) is 0 Å². The maximum absolute atomic E-state index is 11.1. The molecule has 17 heavy (non-hydrogen) atoms. The van der Waals surface area contributed by atoms with Crippen molar-refractivity contribution < 1.29 is 14.3 Å². The highest BCUT2D eigenvalue weighted by Crippen LogP contribution is 2.17. The topological polar surface area (TPSA) is 43.4 Å². The number of carbonyl (C=O) groups is 2. The number of cyclic esters (lactones) is 2. The van der Waals surface area contributed by atoms with Gasteiger partial charge in [-0.3, -0.25) is 9.59 Å². The van der Waals surface area contributed by atoms with Gasteiger partial charge in [-0.2, -0.15) is 0 Å². The second-order valence-electron chi connectivity index (χ2n) is 4.59. The van der Waals surface area contributed by atoms with Crippen molar-refractivity contribution in [3.05, 3.63) is 12.2 Å². The largest absolute Gasteiger partial charge is 0.393 e. The molecule has 3 nitrogen and oxygen atoms in total. The Morgan fingerprint density at radius 1 is 1.18 bits per heavy atom. The van der Waals surface area contributed by atoms with Crippen LogP contribution in [-0.2, 0) is 14.3 Å². The summed E-state index contributed by atoms with van der Waals surface area (Å²) in [7, 11) is 0. The smallest absolute Gasteiger partial charge is 0.321 e. The predicted molar refractivity (Wildman–Crippen MR) is 66.3 cm³/mol. The minimum atomic E-state index is -0.399. The summed E-state index contributed by atoms with van der Waals surface area (Å²) in [5, 5.41) is 0. The Morgan fingerprint density at radius 3 is 2.53 bits per heavy atom. The zero-order valence-corrected chi connectivity index (χ0v) is 10.6. The second kappa shape index (κ2) is 8.04. The van der Waals surface area contributed by atoms with E-state index in [2.05, 4.69) is 11.7 Å². The van der Waals surface area contributed by atoms with Gasteiger partial charge in [0, 0.05) is 0 Å². The van der Waals surface area contributed by atoms with Gasteiger partial charge in [0.25, 0.3) is 0 Å². The van der Waals surface area contributed by atoms with E-state index < -0.39 is 11.9 Å². The van der Waals surface area contributed by atoms with Gasteiger partial charge in [0.2, 0.25) is 0 Å². The van der Waals surface area contributed by atoms with Gasteiger partial charge in [-0.15, -0.1) is 0 Å². The van der Waals surface area contributed by atoms with Crippen molar-refractivity contribution in [2.45, 2.75) is 58.3 Å². The van der Waals surface area contributed by atoms with E-state index in [0.29, 0.717) is 0 Å². The number of unbranched alkanes of at least 4 members (excludes halogenated alkanes) is 6. The number of hydrogen-bond donors (Lipinski definition) is 0. The van der Waals surface area contributed by atoms with Crippen molar-refractivity contribution in [3.8, 4) is 0 Å². The normalized spacial score (nSPS) is 20.2. The van der Waals surface area contributed by atoms with E-state index in [0.717, 1.165) is 12.8 Å². The average Bonchev–Trinajstić information content (AvgIpc) is 2.61. The van der Waals surface area contributed by atoms with Gasteiger partial charge < -0.3 is 4.74 Å². The van der Waals surface area contributed by atoms with Crippen LogP contribution in [-0.4, -0.2) is 11.9 Å².